The second-order valence-corrected chi connectivity index (χ2v) is 5.95. The first-order valence-corrected chi connectivity index (χ1v) is 8.31. The zero-order valence-corrected chi connectivity index (χ0v) is 15.6. The molecule has 0 aromatic heterocycles. The zero-order chi connectivity index (χ0) is 18.5. The smallest absolute Gasteiger partial charge is 0.251 e. The first-order chi connectivity index (χ1) is 12.6. The molecule has 144 valence electrons. The summed E-state index contributed by atoms with van der Waals surface area (Å²) in [6, 6.07) is 9.87. The van der Waals surface area contributed by atoms with E-state index in [0.717, 1.165) is 5.56 Å². The van der Waals surface area contributed by atoms with Crippen molar-refractivity contribution >= 4 is 29.9 Å². The molecule has 0 radical (unpaired) electrons. The molecule has 2 aromatic carbocycles. The van der Waals surface area contributed by atoms with Crippen molar-refractivity contribution in [3.8, 4) is 5.75 Å². The number of hydrogen-bond donors (Lipinski definition) is 3. The van der Waals surface area contributed by atoms with Crippen LogP contribution in [0.1, 0.15) is 21.5 Å². The van der Waals surface area contributed by atoms with Gasteiger partial charge in [0.05, 0.1) is 19.3 Å². The fraction of sp³-hybridized carbons (Fsp3) is 0.263. The van der Waals surface area contributed by atoms with Crippen LogP contribution in [0.2, 0.25) is 0 Å². The lowest BCUT2D eigenvalue weighted by Crippen LogP contribution is -2.33. The van der Waals surface area contributed by atoms with Crippen molar-refractivity contribution in [2.75, 3.05) is 25.5 Å². The van der Waals surface area contributed by atoms with Gasteiger partial charge in [0.25, 0.3) is 5.91 Å². The molecular weight excluding hydrogens is 373 g/mol. The molecule has 0 fully saturated rings. The fourth-order valence-corrected chi connectivity index (χ4v) is 2.83. The van der Waals surface area contributed by atoms with Crippen molar-refractivity contribution in [2.24, 2.45) is 0 Å². The molecular formula is C19H21ClFN3O3. The summed E-state index contributed by atoms with van der Waals surface area (Å²) in [6.45, 7) is 1.08. The standard InChI is InChI=1S/C19H20FN3O3.ClH/c1-26-14-5-2-12(3-6-14)19(25)22-11-17(24)23-16-7-4-13-10-21-9-8-15(13)18(16)20;/h2-7,21H,8-11H2,1H3,(H,22,25)(H,23,24);1H. The predicted octanol–water partition coefficient (Wildman–Crippen LogP) is 2.27. The van der Waals surface area contributed by atoms with Crippen molar-refractivity contribution in [1.29, 1.82) is 0 Å². The number of benzene rings is 2. The summed E-state index contributed by atoms with van der Waals surface area (Å²) < 4.78 is 19.5. The molecule has 2 amide bonds. The number of carbonyl (C=O) groups is 2. The van der Waals surface area contributed by atoms with E-state index in [1.165, 1.54) is 7.11 Å². The highest BCUT2D eigenvalue weighted by molar-refractivity contribution is 5.99. The molecule has 27 heavy (non-hydrogen) atoms. The van der Waals surface area contributed by atoms with Crippen LogP contribution in [-0.2, 0) is 17.8 Å². The number of nitrogens with one attached hydrogen (secondary N) is 3. The monoisotopic (exact) mass is 393 g/mol. The molecule has 1 heterocycles. The van der Waals surface area contributed by atoms with Gasteiger partial charge in [-0.3, -0.25) is 9.59 Å². The molecule has 1 aliphatic heterocycles. The van der Waals surface area contributed by atoms with Crippen LogP contribution in [0.5, 0.6) is 5.75 Å². The van der Waals surface area contributed by atoms with Crippen LogP contribution in [0.25, 0.3) is 0 Å². The Labute approximate surface area is 162 Å². The molecule has 0 atom stereocenters. The minimum Gasteiger partial charge on any atom is -0.497 e. The van der Waals surface area contributed by atoms with Gasteiger partial charge in [-0.15, -0.1) is 12.4 Å². The molecule has 0 spiro atoms. The summed E-state index contributed by atoms with van der Waals surface area (Å²) in [6.07, 6.45) is 0.582. The molecule has 1 aliphatic rings. The topological polar surface area (TPSA) is 79.5 Å². The number of amides is 2. The minimum absolute atomic E-state index is 0. The normalized spacial score (nSPS) is 12.4. The number of fused-ring (bicyclic) bond motifs is 1. The largest absolute Gasteiger partial charge is 0.497 e. The SMILES string of the molecule is COc1ccc(C(=O)NCC(=O)Nc2ccc3c(c2F)CCNC3)cc1.Cl. The van der Waals surface area contributed by atoms with Crippen LogP contribution in [0.3, 0.4) is 0 Å². The second kappa shape index (κ2) is 9.34. The molecule has 0 saturated heterocycles. The van der Waals surface area contributed by atoms with E-state index >= 15 is 0 Å². The highest BCUT2D eigenvalue weighted by atomic mass is 35.5. The van der Waals surface area contributed by atoms with E-state index in [1.54, 1.807) is 36.4 Å². The van der Waals surface area contributed by atoms with E-state index < -0.39 is 11.7 Å². The number of anilines is 1. The maximum Gasteiger partial charge on any atom is 0.251 e. The Bertz CT molecular complexity index is 828. The van der Waals surface area contributed by atoms with E-state index in [1.807, 2.05) is 0 Å². The van der Waals surface area contributed by atoms with Crippen LogP contribution >= 0.6 is 12.4 Å². The van der Waals surface area contributed by atoms with Crippen molar-refractivity contribution in [1.82, 2.24) is 10.6 Å². The van der Waals surface area contributed by atoms with Gasteiger partial charge in [0, 0.05) is 12.1 Å². The van der Waals surface area contributed by atoms with E-state index in [0.29, 0.717) is 36.4 Å². The van der Waals surface area contributed by atoms with Crippen LogP contribution < -0.4 is 20.7 Å². The van der Waals surface area contributed by atoms with Gasteiger partial charge in [-0.25, -0.2) is 4.39 Å². The lowest BCUT2D eigenvalue weighted by Gasteiger charge is -2.19. The zero-order valence-electron chi connectivity index (χ0n) is 14.8. The highest BCUT2D eigenvalue weighted by Crippen LogP contribution is 2.24. The lowest BCUT2D eigenvalue weighted by atomic mass is 9.99. The third kappa shape index (κ3) is 4.96. The average molecular weight is 394 g/mol. The summed E-state index contributed by atoms with van der Waals surface area (Å²) >= 11 is 0. The van der Waals surface area contributed by atoms with Crippen LogP contribution in [0.15, 0.2) is 36.4 Å². The van der Waals surface area contributed by atoms with Crippen molar-refractivity contribution < 1.29 is 18.7 Å². The Morgan fingerprint density at radius 2 is 1.93 bits per heavy atom. The van der Waals surface area contributed by atoms with Gasteiger partial charge >= 0.3 is 0 Å². The Hall–Kier alpha value is -2.64. The number of methoxy groups -OCH3 is 1. The molecule has 3 rings (SSSR count). The number of ether oxygens (including phenoxy) is 1. The quantitative estimate of drug-likeness (QED) is 0.728. The van der Waals surface area contributed by atoms with Crippen LogP contribution in [0.4, 0.5) is 10.1 Å². The van der Waals surface area contributed by atoms with Gasteiger partial charge in [-0.1, -0.05) is 6.07 Å². The van der Waals surface area contributed by atoms with Gasteiger partial charge in [0.1, 0.15) is 11.6 Å². The van der Waals surface area contributed by atoms with E-state index in [-0.39, 0.29) is 30.5 Å². The summed E-state index contributed by atoms with van der Waals surface area (Å²) in [7, 11) is 1.54. The van der Waals surface area contributed by atoms with Crippen LogP contribution in [-0.4, -0.2) is 32.0 Å². The molecule has 0 aliphatic carbocycles. The summed E-state index contributed by atoms with van der Waals surface area (Å²) in [5.41, 5.74) is 2.07. The highest BCUT2D eigenvalue weighted by Gasteiger charge is 2.17. The van der Waals surface area contributed by atoms with Crippen LogP contribution in [0, 0.1) is 5.82 Å². The Balaban J connectivity index is 0.00000261. The maximum absolute atomic E-state index is 14.5. The summed E-state index contributed by atoms with van der Waals surface area (Å²) in [5.74, 6) is -0.643. The molecule has 3 N–H and O–H groups in total. The molecule has 8 heteroatoms. The third-order valence-corrected chi connectivity index (χ3v) is 4.24. The first-order valence-electron chi connectivity index (χ1n) is 8.31. The van der Waals surface area contributed by atoms with E-state index in [4.69, 9.17) is 4.74 Å². The molecule has 2 aromatic rings. The van der Waals surface area contributed by atoms with Gasteiger partial charge < -0.3 is 20.7 Å². The van der Waals surface area contributed by atoms with E-state index in [2.05, 4.69) is 16.0 Å². The van der Waals surface area contributed by atoms with Crippen molar-refractivity contribution in [2.45, 2.75) is 13.0 Å². The summed E-state index contributed by atoms with van der Waals surface area (Å²) in [5, 5.41) is 8.20. The van der Waals surface area contributed by atoms with Crippen molar-refractivity contribution in [3.05, 3.63) is 58.9 Å². The minimum atomic E-state index is -0.486. The van der Waals surface area contributed by atoms with Crippen molar-refractivity contribution in [3.63, 3.8) is 0 Å². The molecule has 6 nitrogen and oxygen atoms in total. The number of hydrogen-bond acceptors (Lipinski definition) is 4. The Morgan fingerprint density at radius 1 is 1.19 bits per heavy atom. The van der Waals surface area contributed by atoms with Gasteiger partial charge in [-0.05, 0) is 54.4 Å². The van der Waals surface area contributed by atoms with Gasteiger partial charge in [0.2, 0.25) is 5.91 Å². The maximum atomic E-state index is 14.5. The number of carbonyl (C=O) groups excluding carboxylic acids is 2. The molecule has 0 saturated carbocycles. The third-order valence-electron chi connectivity index (χ3n) is 4.24. The van der Waals surface area contributed by atoms with Gasteiger partial charge in [0.15, 0.2) is 0 Å². The number of rotatable bonds is 5. The Kier molecular flexibility index (Phi) is 7.15. The first kappa shape index (κ1) is 20.7. The fourth-order valence-electron chi connectivity index (χ4n) is 2.83. The lowest BCUT2D eigenvalue weighted by molar-refractivity contribution is -0.115. The second-order valence-electron chi connectivity index (χ2n) is 5.95. The predicted molar refractivity (Wildman–Crippen MR) is 103 cm³/mol. The van der Waals surface area contributed by atoms with Gasteiger partial charge in [-0.2, -0.15) is 0 Å². The number of halogens is 2. The summed E-state index contributed by atoms with van der Waals surface area (Å²) in [4.78, 5) is 24.1. The molecule has 0 bridgehead atoms. The molecule has 0 unspecified atom stereocenters. The average Bonchev–Trinajstić information content (AvgIpc) is 2.68. The Morgan fingerprint density at radius 3 is 2.63 bits per heavy atom. The van der Waals surface area contributed by atoms with E-state index in [9.17, 15) is 14.0 Å².